The number of hydrogen-bond donors (Lipinski definition) is 1. The Morgan fingerprint density at radius 1 is 1.25 bits per heavy atom. The van der Waals surface area contributed by atoms with Crippen LogP contribution in [-0.4, -0.2) is 24.0 Å². The van der Waals surface area contributed by atoms with Gasteiger partial charge in [0.1, 0.15) is 5.76 Å². The average molecular weight is 270 g/mol. The van der Waals surface area contributed by atoms with E-state index in [9.17, 15) is 4.79 Å². The molecule has 0 radical (unpaired) electrons. The van der Waals surface area contributed by atoms with Gasteiger partial charge in [0.25, 0.3) is 0 Å². The topological polar surface area (TPSA) is 45.5 Å². The fraction of sp³-hybridized carbons (Fsp3) is 0.312. The van der Waals surface area contributed by atoms with Gasteiger partial charge in [-0.1, -0.05) is 30.3 Å². The maximum atomic E-state index is 12.1. The lowest BCUT2D eigenvalue weighted by molar-refractivity contribution is 0.207. The van der Waals surface area contributed by atoms with Crippen molar-refractivity contribution < 1.29 is 9.21 Å². The predicted octanol–water partition coefficient (Wildman–Crippen LogP) is 2.98. The van der Waals surface area contributed by atoms with Gasteiger partial charge < -0.3 is 14.6 Å². The van der Waals surface area contributed by atoms with Gasteiger partial charge in [-0.05, 0) is 24.1 Å². The summed E-state index contributed by atoms with van der Waals surface area (Å²) in [5.74, 6) is 1.30. The lowest BCUT2D eigenvalue weighted by Crippen LogP contribution is -2.37. The molecule has 1 aliphatic heterocycles. The van der Waals surface area contributed by atoms with Gasteiger partial charge in [0.05, 0.1) is 6.26 Å². The summed E-state index contributed by atoms with van der Waals surface area (Å²) in [7, 11) is 0. The quantitative estimate of drug-likeness (QED) is 0.932. The van der Waals surface area contributed by atoms with E-state index in [4.69, 9.17) is 4.42 Å². The first-order chi connectivity index (χ1) is 9.83. The van der Waals surface area contributed by atoms with Crippen LogP contribution in [0, 0.1) is 0 Å². The van der Waals surface area contributed by atoms with Crippen molar-refractivity contribution in [3.8, 4) is 0 Å². The van der Waals surface area contributed by atoms with Crippen LogP contribution in [0.3, 0.4) is 0 Å². The van der Waals surface area contributed by atoms with Crippen molar-refractivity contribution in [1.29, 1.82) is 0 Å². The molecule has 4 nitrogen and oxygen atoms in total. The van der Waals surface area contributed by atoms with Gasteiger partial charge in [0, 0.05) is 25.6 Å². The number of nitrogens with one attached hydrogen (secondary N) is 1. The van der Waals surface area contributed by atoms with Gasteiger partial charge in [0.15, 0.2) is 0 Å². The van der Waals surface area contributed by atoms with Crippen molar-refractivity contribution in [3.05, 3.63) is 60.1 Å². The molecular formula is C16H18N2O2. The van der Waals surface area contributed by atoms with Gasteiger partial charge in [-0.25, -0.2) is 4.79 Å². The molecule has 20 heavy (non-hydrogen) atoms. The Morgan fingerprint density at radius 3 is 2.85 bits per heavy atom. The standard InChI is InChI=1S/C16H18N2O2/c19-16(17-11-13-5-2-1-3-6-13)18-9-8-14(12-18)15-7-4-10-20-15/h1-7,10,14H,8-9,11-12H2,(H,17,19). The summed E-state index contributed by atoms with van der Waals surface area (Å²) in [5, 5.41) is 2.96. The van der Waals surface area contributed by atoms with E-state index < -0.39 is 0 Å². The highest BCUT2D eigenvalue weighted by Gasteiger charge is 2.28. The number of likely N-dealkylation sites (tertiary alicyclic amines) is 1. The van der Waals surface area contributed by atoms with Crippen LogP contribution in [0.25, 0.3) is 0 Å². The van der Waals surface area contributed by atoms with Crippen molar-refractivity contribution in [2.24, 2.45) is 0 Å². The van der Waals surface area contributed by atoms with Gasteiger partial charge >= 0.3 is 6.03 Å². The first-order valence-corrected chi connectivity index (χ1v) is 6.93. The minimum absolute atomic E-state index is 0.00269. The molecule has 2 amide bonds. The minimum Gasteiger partial charge on any atom is -0.469 e. The van der Waals surface area contributed by atoms with Crippen LogP contribution < -0.4 is 5.32 Å². The zero-order chi connectivity index (χ0) is 13.8. The lowest BCUT2D eigenvalue weighted by atomic mass is 10.1. The van der Waals surface area contributed by atoms with Crippen LogP contribution >= 0.6 is 0 Å². The number of carbonyl (C=O) groups excluding carboxylic acids is 1. The number of nitrogens with zero attached hydrogens (tertiary/aromatic N) is 1. The molecule has 1 atom stereocenters. The highest BCUT2D eigenvalue weighted by Crippen LogP contribution is 2.27. The van der Waals surface area contributed by atoms with E-state index in [2.05, 4.69) is 5.32 Å². The van der Waals surface area contributed by atoms with Crippen molar-refractivity contribution in [2.45, 2.75) is 18.9 Å². The van der Waals surface area contributed by atoms with Crippen LogP contribution in [0.4, 0.5) is 4.79 Å². The Morgan fingerprint density at radius 2 is 2.10 bits per heavy atom. The molecule has 0 spiro atoms. The Balaban J connectivity index is 1.51. The number of benzene rings is 1. The highest BCUT2D eigenvalue weighted by atomic mass is 16.3. The molecule has 1 unspecified atom stereocenters. The third-order valence-corrected chi connectivity index (χ3v) is 3.71. The lowest BCUT2D eigenvalue weighted by Gasteiger charge is -2.17. The first-order valence-electron chi connectivity index (χ1n) is 6.93. The van der Waals surface area contributed by atoms with E-state index >= 15 is 0 Å². The molecule has 4 heteroatoms. The molecule has 1 N–H and O–H groups in total. The van der Waals surface area contributed by atoms with Crippen LogP contribution in [0.1, 0.15) is 23.7 Å². The second-order valence-electron chi connectivity index (χ2n) is 5.09. The SMILES string of the molecule is O=C(NCc1ccccc1)N1CCC(c2ccco2)C1. The number of urea groups is 1. The Kier molecular flexibility index (Phi) is 3.72. The number of amides is 2. The maximum absolute atomic E-state index is 12.1. The molecule has 1 aromatic carbocycles. The summed E-state index contributed by atoms with van der Waals surface area (Å²) in [4.78, 5) is 14.0. The normalized spacial score (nSPS) is 18.2. The molecule has 3 rings (SSSR count). The van der Waals surface area contributed by atoms with E-state index in [-0.39, 0.29) is 6.03 Å². The van der Waals surface area contributed by atoms with Crippen LogP contribution in [0.5, 0.6) is 0 Å². The third kappa shape index (κ3) is 2.85. The predicted molar refractivity (Wildman–Crippen MR) is 76.3 cm³/mol. The van der Waals surface area contributed by atoms with Crippen LogP contribution in [0.15, 0.2) is 53.1 Å². The summed E-state index contributed by atoms with van der Waals surface area (Å²) in [6.45, 7) is 2.09. The molecule has 104 valence electrons. The Bertz CT molecular complexity index is 551. The molecule has 0 bridgehead atoms. The molecule has 0 aliphatic carbocycles. The summed E-state index contributed by atoms with van der Waals surface area (Å²) in [5.41, 5.74) is 1.11. The molecule has 2 heterocycles. The van der Waals surface area contributed by atoms with Crippen LogP contribution in [0.2, 0.25) is 0 Å². The largest absolute Gasteiger partial charge is 0.469 e. The smallest absolute Gasteiger partial charge is 0.317 e. The van der Waals surface area contributed by atoms with Gasteiger partial charge in [0.2, 0.25) is 0 Å². The first kappa shape index (κ1) is 12.8. The summed E-state index contributed by atoms with van der Waals surface area (Å²) in [6, 6.07) is 13.8. The minimum atomic E-state index is 0.00269. The molecule has 1 fully saturated rings. The molecule has 0 saturated carbocycles. The van der Waals surface area contributed by atoms with E-state index in [0.717, 1.165) is 30.8 Å². The van der Waals surface area contributed by atoms with Gasteiger partial charge in [-0.2, -0.15) is 0 Å². The second-order valence-corrected chi connectivity index (χ2v) is 5.09. The molecular weight excluding hydrogens is 252 g/mol. The number of rotatable bonds is 3. The number of carbonyl (C=O) groups is 1. The zero-order valence-electron chi connectivity index (χ0n) is 11.3. The van der Waals surface area contributed by atoms with Crippen molar-refractivity contribution in [2.75, 3.05) is 13.1 Å². The fourth-order valence-corrected chi connectivity index (χ4v) is 2.59. The van der Waals surface area contributed by atoms with E-state index in [1.165, 1.54) is 0 Å². The Hall–Kier alpha value is -2.23. The van der Waals surface area contributed by atoms with E-state index in [1.54, 1.807) is 6.26 Å². The van der Waals surface area contributed by atoms with E-state index in [0.29, 0.717) is 12.5 Å². The monoisotopic (exact) mass is 270 g/mol. The van der Waals surface area contributed by atoms with Crippen molar-refractivity contribution >= 4 is 6.03 Å². The maximum Gasteiger partial charge on any atom is 0.317 e. The molecule has 1 saturated heterocycles. The van der Waals surface area contributed by atoms with Crippen LogP contribution in [-0.2, 0) is 6.54 Å². The molecule has 1 aromatic heterocycles. The summed E-state index contributed by atoms with van der Waals surface area (Å²) < 4.78 is 5.42. The average Bonchev–Trinajstić information content (AvgIpc) is 3.16. The van der Waals surface area contributed by atoms with Crippen molar-refractivity contribution in [3.63, 3.8) is 0 Å². The summed E-state index contributed by atoms with van der Waals surface area (Å²) >= 11 is 0. The van der Waals surface area contributed by atoms with E-state index in [1.807, 2.05) is 47.4 Å². The molecule has 2 aromatic rings. The fourth-order valence-electron chi connectivity index (χ4n) is 2.59. The second kappa shape index (κ2) is 5.82. The summed E-state index contributed by atoms with van der Waals surface area (Å²) in [6.07, 6.45) is 2.65. The number of hydrogen-bond acceptors (Lipinski definition) is 2. The third-order valence-electron chi connectivity index (χ3n) is 3.71. The van der Waals surface area contributed by atoms with Gasteiger partial charge in [-0.3, -0.25) is 0 Å². The van der Waals surface area contributed by atoms with Crippen molar-refractivity contribution in [1.82, 2.24) is 10.2 Å². The molecule has 1 aliphatic rings. The highest BCUT2D eigenvalue weighted by molar-refractivity contribution is 5.74. The zero-order valence-corrected chi connectivity index (χ0v) is 11.3. The Labute approximate surface area is 118 Å². The number of furan rings is 1. The van der Waals surface area contributed by atoms with Gasteiger partial charge in [-0.15, -0.1) is 0 Å².